The summed E-state index contributed by atoms with van der Waals surface area (Å²) in [6, 6.07) is 50.8. The normalized spacial score (nSPS) is 11.9. The smallest absolute Gasteiger partial charge is 0.0727 e. The van der Waals surface area contributed by atoms with E-state index in [4.69, 9.17) is 0 Å². The highest BCUT2D eigenvalue weighted by atomic mass is 32.1. The number of benzene rings is 6. The van der Waals surface area contributed by atoms with E-state index in [9.17, 15) is 0 Å². The topological polar surface area (TPSA) is 4.93 Å². The van der Waals surface area contributed by atoms with Crippen molar-refractivity contribution in [3.8, 4) is 27.9 Å². The standard InChI is InChI=1S/C38H23NS2/c1-3-11-24(12-4-1)25-21-22-34-32(23-25)29-18-9-16-27(36(29)40-34)28-17-10-19-31-35-38(41-37(28)31)30-15-7-8-20-33(30)39(35)26-13-5-2-6-14-26/h1-23H. The van der Waals surface area contributed by atoms with Gasteiger partial charge in [0.1, 0.15) is 0 Å². The van der Waals surface area contributed by atoms with Crippen molar-refractivity contribution in [3.63, 3.8) is 0 Å². The van der Waals surface area contributed by atoms with Gasteiger partial charge in [0, 0.05) is 52.5 Å². The third kappa shape index (κ3) is 3.40. The summed E-state index contributed by atoms with van der Waals surface area (Å²) in [4.78, 5) is 0. The van der Waals surface area contributed by atoms with Gasteiger partial charge in [0.2, 0.25) is 0 Å². The van der Waals surface area contributed by atoms with Gasteiger partial charge in [-0.1, -0.05) is 109 Å². The summed E-state index contributed by atoms with van der Waals surface area (Å²) in [6.07, 6.45) is 0. The van der Waals surface area contributed by atoms with Crippen molar-refractivity contribution < 1.29 is 0 Å². The van der Waals surface area contributed by atoms with Crippen LogP contribution in [0.15, 0.2) is 140 Å². The molecular formula is C38H23NS2. The summed E-state index contributed by atoms with van der Waals surface area (Å²) in [6.45, 7) is 0. The highest BCUT2D eigenvalue weighted by molar-refractivity contribution is 7.28. The molecule has 41 heavy (non-hydrogen) atoms. The summed E-state index contributed by atoms with van der Waals surface area (Å²) in [5.74, 6) is 0. The fourth-order valence-electron chi connectivity index (χ4n) is 6.37. The predicted octanol–water partition coefficient (Wildman–Crippen LogP) is 11.7. The monoisotopic (exact) mass is 557 g/mol. The minimum atomic E-state index is 1.20. The molecule has 0 amide bonds. The largest absolute Gasteiger partial charge is 0.308 e. The lowest BCUT2D eigenvalue weighted by atomic mass is 9.99. The maximum absolute atomic E-state index is 2.44. The quantitative estimate of drug-likeness (QED) is 0.204. The second-order valence-corrected chi connectivity index (χ2v) is 12.6. The zero-order valence-electron chi connectivity index (χ0n) is 22.0. The fourth-order valence-corrected chi connectivity index (χ4v) is 8.93. The number of hydrogen-bond donors (Lipinski definition) is 0. The third-order valence-electron chi connectivity index (χ3n) is 8.21. The van der Waals surface area contributed by atoms with Gasteiger partial charge < -0.3 is 4.57 Å². The van der Waals surface area contributed by atoms with E-state index in [-0.39, 0.29) is 0 Å². The van der Waals surface area contributed by atoms with Crippen LogP contribution in [0.5, 0.6) is 0 Å². The van der Waals surface area contributed by atoms with Crippen molar-refractivity contribution in [2.24, 2.45) is 0 Å². The summed E-state index contributed by atoms with van der Waals surface area (Å²) >= 11 is 3.83. The molecule has 1 nitrogen and oxygen atoms in total. The molecule has 0 saturated heterocycles. The molecule has 0 fully saturated rings. The Labute approximate surface area is 245 Å². The van der Waals surface area contributed by atoms with E-state index in [0.717, 1.165) is 0 Å². The van der Waals surface area contributed by atoms with Gasteiger partial charge in [-0.05, 0) is 41.5 Å². The van der Waals surface area contributed by atoms with Crippen LogP contribution in [0.2, 0.25) is 0 Å². The van der Waals surface area contributed by atoms with Crippen molar-refractivity contribution in [1.29, 1.82) is 0 Å². The fraction of sp³-hybridized carbons (Fsp3) is 0. The van der Waals surface area contributed by atoms with Crippen LogP contribution in [0.1, 0.15) is 0 Å². The number of para-hydroxylation sites is 2. The van der Waals surface area contributed by atoms with E-state index < -0.39 is 0 Å². The summed E-state index contributed by atoms with van der Waals surface area (Å²) < 4.78 is 7.83. The van der Waals surface area contributed by atoms with Crippen LogP contribution in [0, 0.1) is 0 Å². The van der Waals surface area contributed by atoms with Crippen molar-refractivity contribution in [3.05, 3.63) is 140 Å². The number of hydrogen-bond acceptors (Lipinski definition) is 2. The van der Waals surface area contributed by atoms with Crippen LogP contribution in [0.25, 0.3) is 79.3 Å². The maximum Gasteiger partial charge on any atom is 0.0727 e. The summed E-state index contributed by atoms with van der Waals surface area (Å²) in [7, 11) is 0. The number of thiophene rings is 2. The van der Waals surface area contributed by atoms with E-state index in [0.29, 0.717) is 0 Å². The predicted molar refractivity (Wildman–Crippen MR) is 180 cm³/mol. The van der Waals surface area contributed by atoms with Crippen LogP contribution in [0.3, 0.4) is 0 Å². The van der Waals surface area contributed by atoms with Crippen LogP contribution in [0.4, 0.5) is 0 Å². The number of aromatic nitrogens is 1. The molecule has 0 atom stereocenters. The highest BCUT2D eigenvalue weighted by Gasteiger charge is 2.20. The molecule has 3 aromatic heterocycles. The lowest BCUT2D eigenvalue weighted by Gasteiger charge is -2.09. The molecule has 0 radical (unpaired) electrons. The number of nitrogens with zero attached hydrogens (tertiary/aromatic N) is 1. The van der Waals surface area contributed by atoms with Gasteiger partial charge in [-0.3, -0.25) is 0 Å². The van der Waals surface area contributed by atoms with Crippen LogP contribution in [-0.2, 0) is 0 Å². The van der Waals surface area contributed by atoms with Crippen molar-refractivity contribution >= 4 is 74.1 Å². The Morgan fingerprint density at radius 2 is 1.07 bits per heavy atom. The van der Waals surface area contributed by atoms with Gasteiger partial charge in [-0.25, -0.2) is 0 Å². The first-order chi connectivity index (χ1) is 20.3. The minimum Gasteiger partial charge on any atom is -0.308 e. The molecule has 0 spiro atoms. The lowest BCUT2D eigenvalue weighted by Crippen LogP contribution is -1.92. The Morgan fingerprint density at radius 1 is 0.415 bits per heavy atom. The van der Waals surface area contributed by atoms with E-state index in [2.05, 4.69) is 144 Å². The van der Waals surface area contributed by atoms with E-state index >= 15 is 0 Å². The molecule has 9 aromatic rings. The Balaban J connectivity index is 1.32. The number of fused-ring (bicyclic) bond motifs is 8. The van der Waals surface area contributed by atoms with Gasteiger partial charge >= 0.3 is 0 Å². The summed E-state index contributed by atoms with van der Waals surface area (Å²) in [5, 5.41) is 5.29. The van der Waals surface area contributed by atoms with Crippen molar-refractivity contribution in [2.45, 2.75) is 0 Å². The molecule has 192 valence electrons. The highest BCUT2D eigenvalue weighted by Crippen LogP contribution is 2.48. The molecule has 3 heteroatoms. The van der Waals surface area contributed by atoms with Gasteiger partial charge in [0.05, 0.1) is 15.7 Å². The van der Waals surface area contributed by atoms with Gasteiger partial charge in [-0.15, -0.1) is 22.7 Å². The third-order valence-corrected chi connectivity index (χ3v) is 10.7. The van der Waals surface area contributed by atoms with E-state index in [1.165, 1.54) is 79.3 Å². The molecule has 0 saturated carbocycles. The SMILES string of the molecule is c1ccc(-c2ccc3sc4c(-c5cccc6c5sc5c7ccccc7n(-c7ccccc7)c65)cccc4c3c2)cc1. The molecule has 0 aliphatic carbocycles. The molecule has 0 aliphatic heterocycles. The zero-order chi connectivity index (χ0) is 26.9. The molecule has 6 aromatic carbocycles. The molecule has 0 N–H and O–H groups in total. The first kappa shape index (κ1) is 23.0. The summed E-state index contributed by atoms with van der Waals surface area (Å²) in [5.41, 5.74) is 8.90. The molecule has 9 rings (SSSR count). The van der Waals surface area contributed by atoms with Gasteiger partial charge in [-0.2, -0.15) is 0 Å². The van der Waals surface area contributed by atoms with E-state index in [1.807, 2.05) is 22.7 Å². The second kappa shape index (κ2) is 8.90. The minimum absolute atomic E-state index is 1.20. The Hall–Kier alpha value is -4.70. The van der Waals surface area contributed by atoms with Gasteiger partial charge in [0.25, 0.3) is 0 Å². The number of rotatable bonds is 3. The molecule has 0 aliphatic rings. The van der Waals surface area contributed by atoms with Crippen molar-refractivity contribution in [1.82, 2.24) is 4.57 Å². The van der Waals surface area contributed by atoms with Crippen LogP contribution >= 0.6 is 22.7 Å². The van der Waals surface area contributed by atoms with Crippen molar-refractivity contribution in [2.75, 3.05) is 0 Å². The Bertz CT molecular complexity index is 2410. The lowest BCUT2D eigenvalue weighted by molar-refractivity contribution is 1.19. The van der Waals surface area contributed by atoms with Gasteiger partial charge in [0.15, 0.2) is 0 Å². The Morgan fingerprint density at radius 3 is 1.88 bits per heavy atom. The molecule has 3 heterocycles. The maximum atomic E-state index is 2.44. The van der Waals surface area contributed by atoms with E-state index in [1.54, 1.807) is 0 Å². The zero-order valence-corrected chi connectivity index (χ0v) is 23.7. The van der Waals surface area contributed by atoms with Crippen LogP contribution in [-0.4, -0.2) is 4.57 Å². The Kier molecular flexibility index (Phi) is 5.00. The first-order valence-corrected chi connectivity index (χ1v) is 15.5. The van der Waals surface area contributed by atoms with Crippen LogP contribution < -0.4 is 0 Å². The average molecular weight is 558 g/mol. The molecule has 0 unspecified atom stereocenters. The molecular weight excluding hydrogens is 535 g/mol. The first-order valence-electron chi connectivity index (χ1n) is 13.9. The second-order valence-electron chi connectivity index (χ2n) is 10.5. The molecule has 0 bridgehead atoms. The average Bonchev–Trinajstić information content (AvgIpc) is 3.70.